The van der Waals surface area contributed by atoms with Crippen molar-refractivity contribution in [2.24, 2.45) is 5.92 Å². The Morgan fingerprint density at radius 2 is 1.86 bits per heavy atom. The number of rotatable bonds is 7. The molecule has 1 aliphatic rings. The third-order valence-electron chi connectivity index (χ3n) is 4.61. The maximum Gasteiger partial charge on any atom is 0.0705 e. The summed E-state index contributed by atoms with van der Waals surface area (Å²) in [6, 6.07) is 15.0. The molecule has 1 fully saturated rings. The minimum Gasteiger partial charge on any atom is -0.391 e. The van der Waals surface area contributed by atoms with E-state index in [-0.39, 0.29) is 6.10 Å². The Morgan fingerprint density at radius 1 is 1.09 bits per heavy atom. The normalized spacial score (nSPS) is 18.4. The number of benzene rings is 1. The Bertz CT molecular complexity index is 534. The van der Waals surface area contributed by atoms with Crippen LogP contribution < -0.4 is 5.32 Å². The molecule has 1 aliphatic carbocycles. The maximum absolute atomic E-state index is 10.3. The largest absolute Gasteiger partial charge is 0.391 e. The van der Waals surface area contributed by atoms with Crippen molar-refractivity contribution in [1.82, 2.24) is 5.32 Å². The van der Waals surface area contributed by atoms with Gasteiger partial charge in [-0.25, -0.2) is 0 Å². The van der Waals surface area contributed by atoms with Crippen molar-refractivity contribution in [2.75, 3.05) is 6.54 Å². The van der Waals surface area contributed by atoms with Crippen LogP contribution in [0.5, 0.6) is 0 Å². The summed E-state index contributed by atoms with van der Waals surface area (Å²) in [5.74, 6) is 0.725. The van der Waals surface area contributed by atoms with Gasteiger partial charge in [0.05, 0.1) is 6.10 Å². The zero-order valence-electron chi connectivity index (χ0n) is 12.9. The van der Waals surface area contributed by atoms with E-state index in [0.717, 1.165) is 12.3 Å². The topological polar surface area (TPSA) is 32.3 Å². The molecule has 3 heteroatoms. The molecule has 2 unspecified atom stereocenters. The lowest BCUT2D eigenvalue weighted by molar-refractivity contribution is 0.162. The van der Waals surface area contributed by atoms with Crippen molar-refractivity contribution in [3.05, 3.63) is 58.3 Å². The van der Waals surface area contributed by atoms with Crippen LogP contribution in [0.3, 0.4) is 0 Å². The van der Waals surface area contributed by atoms with Gasteiger partial charge in [0, 0.05) is 17.5 Å². The Hall–Kier alpha value is -1.16. The van der Waals surface area contributed by atoms with Crippen LogP contribution >= 0.6 is 11.3 Å². The summed E-state index contributed by atoms with van der Waals surface area (Å²) in [6.45, 7) is 0.661. The molecule has 0 spiro atoms. The molecule has 1 aromatic heterocycles. The van der Waals surface area contributed by atoms with Gasteiger partial charge in [0.15, 0.2) is 0 Å². The van der Waals surface area contributed by atoms with Crippen LogP contribution in [0, 0.1) is 5.92 Å². The molecule has 2 atom stereocenters. The van der Waals surface area contributed by atoms with Crippen molar-refractivity contribution >= 4 is 11.3 Å². The van der Waals surface area contributed by atoms with Crippen molar-refractivity contribution in [3.63, 3.8) is 0 Å². The van der Waals surface area contributed by atoms with Crippen molar-refractivity contribution in [3.8, 4) is 0 Å². The van der Waals surface area contributed by atoms with Crippen molar-refractivity contribution < 1.29 is 5.11 Å². The summed E-state index contributed by atoms with van der Waals surface area (Å²) in [5, 5.41) is 16.1. The molecule has 1 aromatic carbocycles. The quantitative estimate of drug-likeness (QED) is 0.803. The van der Waals surface area contributed by atoms with Gasteiger partial charge in [-0.1, -0.05) is 49.2 Å². The van der Waals surface area contributed by atoms with Gasteiger partial charge in [-0.2, -0.15) is 0 Å². The smallest absolute Gasteiger partial charge is 0.0705 e. The van der Waals surface area contributed by atoms with Crippen molar-refractivity contribution in [2.45, 2.75) is 44.2 Å². The maximum atomic E-state index is 10.3. The molecule has 2 aromatic rings. The Labute approximate surface area is 137 Å². The molecular weight excluding hydrogens is 290 g/mol. The highest BCUT2D eigenvalue weighted by Crippen LogP contribution is 2.37. The van der Waals surface area contributed by atoms with Gasteiger partial charge in [0.2, 0.25) is 0 Å². The van der Waals surface area contributed by atoms with Gasteiger partial charge in [-0.15, -0.1) is 11.3 Å². The first-order valence-electron chi connectivity index (χ1n) is 8.31. The summed E-state index contributed by atoms with van der Waals surface area (Å²) >= 11 is 1.83. The van der Waals surface area contributed by atoms with Gasteiger partial charge in [0.1, 0.15) is 0 Å². The first-order valence-corrected chi connectivity index (χ1v) is 9.19. The van der Waals surface area contributed by atoms with Crippen LogP contribution in [0.2, 0.25) is 0 Å². The first-order chi connectivity index (χ1) is 10.8. The summed E-state index contributed by atoms with van der Waals surface area (Å²) < 4.78 is 0. The number of thiophene rings is 1. The number of aliphatic hydroxyl groups is 1. The average Bonchev–Trinajstić information content (AvgIpc) is 3.22. The highest BCUT2D eigenvalue weighted by Gasteiger charge is 2.27. The minimum atomic E-state index is -0.328. The lowest BCUT2D eigenvalue weighted by atomic mass is 9.96. The van der Waals surface area contributed by atoms with Crippen molar-refractivity contribution in [1.29, 1.82) is 0 Å². The second kappa shape index (κ2) is 7.91. The SMILES string of the molecule is OC(CNC(c1cccs1)C1CCCC1)Cc1ccccc1. The summed E-state index contributed by atoms with van der Waals surface area (Å²) in [5.41, 5.74) is 1.20. The van der Waals surface area contributed by atoms with Gasteiger partial charge in [0.25, 0.3) is 0 Å². The van der Waals surface area contributed by atoms with E-state index in [2.05, 4.69) is 35.0 Å². The highest BCUT2D eigenvalue weighted by atomic mass is 32.1. The fourth-order valence-electron chi connectivity index (χ4n) is 3.48. The molecule has 0 amide bonds. The van der Waals surface area contributed by atoms with Gasteiger partial charge in [-0.3, -0.25) is 0 Å². The van der Waals surface area contributed by atoms with Crippen LogP contribution in [0.25, 0.3) is 0 Å². The highest BCUT2D eigenvalue weighted by molar-refractivity contribution is 7.10. The van der Waals surface area contributed by atoms with E-state index in [1.807, 2.05) is 29.5 Å². The third-order valence-corrected chi connectivity index (χ3v) is 5.56. The van der Waals surface area contributed by atoms with Gasteiger partial charge < -0.3 is 10.4 Å². The van der Waals surface area contributed by atoms with E-state index in [4.69, 9.17) is 0 Å². The molecule has 2 nitrogen and oxygen atoms in total. The van der Waals surface area contributed by atoms with E-state index in [1.54, 1.807) is 0 Å². The summed E-state index contributed by atoms with van der Waals surface area (Å²) in [7, 11) is 0. The van der Waals surface area contributed by atoms with Crippen LogP contribution in [-0.4, -0.2) is 17.8 Å². The van der Waals surface area contributed by atoms with E-state index in [0.29, 0.717) is 12.6 Å². The van der Waals surface area contributed by atoms with E-state index in [9.17, 15) is 5.11 Å². The molecular formula is C19H25NOS. The van der Waals surface area contributed by atoms with Crippen LogP contribution in [0.15, 0.2) is 47.8 Å². The third kappa shape index (κ3) is 4.19. The molecule has 0 radical (unpaired) electrons. The first kappa shape index (κ1) is 15.7. The number of aliphatic hydroxyl groups excluding tert-OH is 1. The summed E-state index contributed by atoms with van der Waals surface area (Å²) in [6.07, 6.45) is 5.71. The number of nitrogens with one attached hydrogen (secondary N) is 1. The molecule has 22 heavy (non-hydrogen) atoms. The Balaban J connectivity index is 1.57. The van der Waals surface area contributed by atoms with Crippen LogP contribution in [0.1, 0.15) is 42.2 Å². The van der Waals surface area contributed by atoms with Gasteiger partial charge >= 0.3 is 0 Å². The molecule has 118 valence electrons. The van der Waals surface area contributed by atoms with E-state index in [1.165, 1.54) is 36.1 Å². The second-order valence-electron chi connectivity index (χ2n) is 6.29. The Morgan fingerprint density at radius 3 is 2.55 bits per heavy atom. The predicted molar refractivity (Wildman–Crippen MR) is 93.2 cm³/mol. The zero-order chi connectivity index (χ0) is 15.2. The standard InChI is InChI=1S/C19H25NOS/c21-17(13-15-7-2-1-3-8-15)14-20-19(16-9-4-5-10-16)18-11-6-12-22-18/h1-3,6-8,11-12,16-17,19-21H,4-5,9-10,13-14H2. The van der Waals surface area contributed by atoms with Crippen LogP contribution in [-0.2, 0) is 6.42 Å². The number of hydrogen-bond donors (Lipinski definition) is 2. The molecule has 0 bridgehead atoms. The Kier molecular flexibility index (Phi) is 5.65. The molecule has 0 saturated heterocycles. The molecule has 2 N–H and O–H groups in total. The monoisotopic (exact) mass is 315 g/mol. The molecule has 1 heterocycles. The van der Waals surface area contributed by atoms with Gasteiger partial charge in [-0.05, 0) is 42.2 Å². The molecule has 3 rings (SSSR count). The molecule has 0 aliphatic heterocycles. The van der Waals surface area contributed by atoms with E-state index < -0.39 is 0 Å². The number of hydrogen-bond acceptors (Lipinski definition) is 3. The minimum absolute atomic E-state index is 0.328. The lowest BCUT2D eigenvalue weighted by Crippen LogP contribution is -2.34. The average molecular weight is 315 g/mol. The zero-order valence-corrected chi connectivity index (χ0v) is 13.8. The second-order valence-corrected chi connectivity index (χ2v) is 7.27. The lowest BCUT2D eigenvalue weighted by Gasteiger charge is -2.25. The molecule has 1 saturated carbocycles. The fraction of sp³-hybridized carbons (Fsp3) is 0.474. The predicted octanol–water partition coefficient (Wildman–Crippen LogP) is 4.17. The van der Waals surface area contributed by atoms with E-state index >= 15 is 0 Å². The fourth-order valence-corrected chi connectivity index (χ4v) is 4.37. The van der Waals surface area contributed by atoms with Crippen LogP contribution in [0.4, 0.5) is 0 Å². The summed E-state index contributed by atoms with van der Waals surface area (Å²) in [4.78, 5) is 1.42.